The fraction of sp³-hybridized carbons (Fsp3) is 0.435. The molecule has 2 aromatic heterocycles. The lowest BCUT2D eigenvalue weighted by Crippen LogP contribution is -2.35. The highest BCUT2D eigenvalue weighted by atomic mass is 35.5. The summed E-state index contributed by atoms with van der Waals surface area (Å²) in [6.45, 7) is 6.35. The van der Waals surface area contributed by atoms with Gasteiger partial charge in [-0.15, -0.1) is 0 Å². The summed E-state index contributed by atoms with van der Waals surface area (Å²) < 4.78 is 11.0. The highest BCUT2D eigenvalue weighted by molar-refractivity contribution is 6.33. The first-order chi connectivity index (χ1) is 16.2. The number of halogens is 2. The quantitative estimate of drug-likeness (QED) is 0.213. The zero-order valence-corrected chi connectivity index (χ0v) is 20.9. The topological polar surface area (TPSA) is 113 Å². The van der Waals surface area contributed by atoms with Crippen molar-refractivity contribution < 1.29 is 19.4 Å². The molecule has 0 bridgehead atoms. The van der Waals surface area contributed by atoms with E-state index in [2.05, 4.69) is 26.3 Å². The molecule has 34 heavy (non-hydrogen) atoms. The molecule has 2 heterocycles. The first-order valence-electron chi connectivity index (χ1n) is 10.9. The van der Waals surface area contributed by atoms with Crippen molar-refractivity contribution in [2.24, 2.45) is 0 Å². The molecule has 1 amide bonds. The average molecular weight is 510 g/mol. The number of fused-ring (bicyclic) bond motifs is 1. The van der Waals surface area contributed by atoms with E-state index in [1.165, 1.54) is 0 Å². The minimum atomic E-state index is -0.596. The number of anilines is 1. The lowest BCUT2D eigenvalue weighted by Gasteiger charge is -2.25. The van der Waals surface area contributed by atoms with Gasteiger partial charge in [0.1, 0.15) is 12.2 Å². The van der Waals surface area contributed by atoms with Crippen LogP contribution in [0.15, 0.2) is 30.5 Å². The fourth-order valence-corrected chi connectivity index (χ4v) is 3.81. The highest BCUT2D eigenvalue weighted by Crippen LogP contribution is 2.34. The third kappa shape index (κ3) is 7.12. The van der Waals surface area contributed by atoms with Crippen LogP contribution in [0.3, 0.4) is 0 Å². The Labute approximate surface area is 208 Å². The molecule has 9 nitrogen and oxygen atoms in total. The van der Waals surface area contributed by atoms with Crippen molar-refractivity contribution in [3.63, 3.8) is 0 Å². The molecule has 3 N–H and O–H groups in total. The number of hydrogen-bond acceptors (Lipinski definition) is 7. The summed E-state index contributed by atoms with van der Waals surface area (Å²) in [6, 6.07) is 8.05. The maximum absolute atomic E-state index is 11.8. The van der Waals surface area contributed by atoms with Gasteiger partial charge in [-0.1, -0.05) is 29.8 Å². The van der Waals surface area contributed by atoms with Gasteiger partial charge in [0.2, 0.25) is 5.28 Å². The lowest BCUT2D eigenvalue weighted by atomic mass is 10.1. The maximum Gasteiger partial charge on any atom is 0.407 e. The van der Waals surface area contributed by atoms with Gasteiger partial charge in [0.15, 0.2) is 16.7 Å². The molecule has 0 fully saturated rings. The third-order valence-electron chi connectivity index (χ3n) is 4.79. The molecule has 0 radical (unpaired) electrons. The van der Waals surface area contributed by atoms with E-state index in [1.807, 2.05) is 29.3 Å². The molecule has 11 heteroatoms. The van der Waals surface area contributed by atoms with Gasteiger partial charge in [-0.2, -0.15) is 4.98 Å². The van der Waals surface area contributed by atoms with Crippen LogP contribution in [0.2, 0.25) is 10.4 Å². The Balaban J connectivity index is 1.71. The number of nitrogens with one attached hydrogen (secondary N) is 2. The number of carbonyl (C=O) groups is 1. The number of amides is 1. The Morgan fingerprint density at radius 3 is 2.71 bits per heavy atom. The van der Waals surface area contributed by atoms with Crippen molar-refractivity contribution in [3.8, 4) is 5.75 Å². The summed E-state index contributed by atoms with van der Waals surface area (Å²) in [5, 5.41) is 13.4. The molecule has 0 aliphatic heterocycles. The number of para-hydroxylation sites is 1. The predicted molar refractivity (Wildman–Crippen MR) is 133 cm³/mol. The number of hydrogen-bond donors (Lipinski definition) is 3. The van der Waals surface area contributed by atoms with Crippen LogP contribution < -0.4 is 15.0 Å². The Kier molecular flexibility index (Phi) is 8.82. The van der Waals surface area contributed by atoms with Crippen molar-refractivity contribution in [3.05, 3.63) is 46.5 Å². The summed E-state index contributed by atoms with van der Waals surface area (Å²) >= 11 is 12.4. The van der Waals surface area contributed by atoms with Crippen LogP contribution in [-0.2, 0) is 11.2 Å². The SMILES string of the molecule is CC(C)(C)OC(=O)NCCOc1c(Cl)nc(Cl)nc1N(CCO)CCc1c[nH]c2ccccc12. The second-order valence-electron chi connectivity index (χ2n) is 8.53. The third-order valence-corrected chi connectivity index (χ3v) is 5.22. The molecular formula is C23H29Cl2N5O4. The molecule has 0 aliphatic rings. The van der Waals surface area contributed by atoms with E-state index in [9.17, 15) is 9.90 Å². The number of aromatic nitrogens is 3. The molecule has 0 saturated carbocycles. The van der Waals surface area contributed by atoms with E-state index >= 15 is 0 Å². The number of benzene rings is 1. The van der Waals surface area contributed by atoms with E-state index in [0.29, 0.717) is 25.3 Å². The molecule has 0 unspecified atom stereocenters. The number of alkyl carbamates (subject to hydrolysis) is 1. The van der Waals surface area contributed by atoms with Crippen LogP contribution in [0.4, 0.5) is 10.6 Å². The van der Waals surface area contributed by atoms with Crippen LogP contribution in [0.25, 0.3) is 10.9 Å². The number of aliphatic hydroxyl groups is 1. The number of nitrogens with zero attached hydrogens (tertiary/aromatic N) is 3. The fourth-order valence-electron chi connectivity index (χ4n) is 3.38. The molecule has 3 rings (SSSR count). The molecular weight excluding hydrogens is 481 g/mol. The van der Waals surface area contributed by atoms with Gasteiger partial charge in [0.25, 0.3) is 0 Å². The second kappa shape index (κ2) is 11.6. The molecule has 184 valence electrons. The summed E-state index contributed by atoms with van der Waals surface area (Å²) in [5.41, 5.74) is 1.59. The van der Waals surface area contributed by atoms with E-state index < -0.39 is 11.7 Å². The summed E-state index contributed by atoms with van der Waals surface area (Å²) in [6.07, 6.45) is 2.11. The van der Waals surface area contributed by atoms with Gasteiger partial charge < -0.3 is 29.8 Å². The van der Waals surface area contributed by atoms with Gasteiger partial charge in [-0.05, 0) is 50.4 Å². The molecule has 1 aromatic carbocycles. The Morgan fingerprint density at radius 1 is 1.21 bits per heavy atom. The minimum Gasteiger partial charge on any atom is -0.485 e. The van der Waals surface area contributed by atoms with Crippen LogP contribution >= 0.6 is 23.2 Å². The zero-order chi connectivity index (χ0) is 24.7. The number of ether oxygens (including phenoxy) is 2. The van der Waals surface area contributed by atoms with Crippen LogP contribution in [-0.4, -0.2) is 64.6 Å². The molecule has 0 aliphatic carbocycles. The molecule has 0 saturated heterocycles. The van der Waals surface area contributed by atoms with Gasteiger partial charge in [0.05, 0.1) is 13.2 Å². The van der Waals surface area contributed by atoms with Crippen molar-refractivity contribution in [2.45, 2.75) is 32.8 Å². The zero-order valence-electron chi connectivity index (χ0n) is 19.4. The van der Waals surface area contributed by atoms with Crippen molar-refractivity contribution in [1.82, 2.24) is 20.3 Å². The van der Waals surface area contributed by atoms with Crippen molar-refractivity contribution >= 4 is 46.0 Å². The van der Waals surface area contributed by atoms with Crippen molar-refractivity contribution in [2.75, 3.05) is 37.7 Å². The normalized spacial score (nSPS) is 11.5. The maximum atomic E-state index is 11.8. The average Bonchev–Trinajstić information content (AvgIpc) is 3.17. The molecule has 0 spiro atoms. The van der Waals surface area contributed by atoms with Gasteiger partial charge in [-0.25, -0.2) is 9.78 Å². The Bertz CT molecular complexity index is 1120. The Morgan fingerprint density at radius 2 is 1.97 bits per heavy atom. The Hall–Kier alpha value is -2.75. The smallest absolute Gasteiger partial charge is 0.407 e. The lowest BCUT2D eigenvalue weighted by molar-refractivity contribution is 0.0520. The van der Waals surface area contributed by atoms with Gasteiger partial charge in [-0.3, -0.25) is 0 Å². The standard InChI is InChI=1S/C23H29Cl2N5O4/c1-23(2,3)34-22(32)26-9-13-33-18-19(24)28-21(25)29-20(18)30(11-12-31)10-8-15-14-27-17-7-5-4-6-16(15)17/h4-7,14,27,31H,8-13H2,1-3H3,(H,26,32). The van der Waals surface area contributed by atoms with Crippen LogP contribution in [0, 0.1) is 0 Å². The van der Waals surface area contributed by atoms with Crippen LogP contribution in [0.5, 0.6) is 5.75 Å². The first-order valence-corrected chi connectivity index (χ1v) is 11.7. The van der Waals surface area contributed by atoms with E-state index in [1.54, 1.807) is 20.8 Å². The number of rotatable bonds is 10. The predicted octanol–water partition coefficient (Wildman–Crippen LogP) is 4.21. The first kappa shape index (κ1) is 25.9. The minimum absolute atomic E-state index is 0.0331. The number of carbonyl (C=O) groups excluding carboxylic acids is 1. The number of aromatic amines is 1. The summed E-state index contributed by atoms with van der Waals surface area (Å²) in [5.74, 6) is 0.598. The molecule has 0 atom stereocenters. The van der Waals surface area contributed by atoms with Gasteiger partial charge >= 0.3 is 6.09 Å². The second-order valence-corrected chi connectivity index (χ2v) is 9.23. The van der Waals surface area contributed by atoms with Crippen LogP contribution in [0.1, 0.15) is 26.3 Å². The van der Waals surface area contributed by atoms with E-state index in [0.717, 1.165) is 16.5 Å². The number of aliphatic hydroxyl groups excluding tert-OH is 1. The summed E-state index contributed by atoms with van der Waals surface area (Å²) in [4.78, 5) is 25.2. The van der Waals surface area contributed by atoms with E-state index in [-0.39, 0.29) is 35.9 Å². The monoisotopic (exact) mass is 509 g/mol. The van der Waals surface area contributed by atoms with E-state index in [4.69, 9.17) is 32.7 Å². The molecule has 3 aromatic rings. The highest BCUT2D eigenvalue weighted by Gasteiger charge is 2.21. The summed E-state index contributed by atoms with van der Waals surface area (Å²) in [7, 11) is 0. The van der Waals surface area contributed by atoms with Crippen molar-refractivity contribution in [1.29, 1.82) is 0 Å². The number of H-pyrrole nitrogens is 1. The largest absolute Gasteiger partial charge is 0.485 e. The van der Waals surface area contributed by atoms with Gasteiger partial charge in [0, 0.05) is 30.2 Å².